The summed E-state index contributed by atoms with van der Waals surface area (Å²) in [7, 11) is 0. The molecule has 0 aromatic rings. The minimum atomic E-state index is -2.32. The molecule has 2 saturated heterocycles. The average molecular weight is 896 g/mol. The number of carboxylic acids is 1. The van der Waals surface area contributed by atoms with Gasteiger partial charge in [0.15, 0.2) is 12.1 Å². The molecule has 3 aliphatic rings. The number of fused-ring (bicyclic) bond motifs is 2. The second-order valence-corrected chi connectivity index (χ2v) is 16.7. The van der Waals surface area contributed by atoms with Gasteiger partial charge >= 0.3 is 11.9 Å². The summed E-state index contributed by atoms with van der Waals surface area (Å²) in [6.07, 6.45) is 4.64. The third kappa shape index (κ3) is 19.3. The molecule has 356 valence electrons. The fourth-order valence-electron chi connectivity index (χ4n) is 7.49. The number of esters is 1. The molecule has 13 N–H and O–H groups in total. The topological polar surface area (TPSA) is 320 Å². The number of aliphatic hydroxyl groups excluding tert-OH is 9. The molecule has 2 fully saturated rings. The number of allylic oxidation sites excluding steroid dienone is 12. The number of nitrogens with two attached hydrogens (primary N) is 1. The van der Waals surface area contributed by atoms with Gasteiger partial charge in [-0.15, -0.1) is 0 Å². The Balaban J connectivity index is 1.83. The van der Waals surface area contributed by atoms with E-state index >= 15 is 0 Å². The van der Waals surface area contributed by atoms with Crippen LogP contribution in [0.2, 0.25) is 0 Å². The lowest BCUT2D eigenvalue weighted by atomic mass is 9.82. The number of ether oxygens (including phenoxy) is 4. The van der Waals surface area contributed by atoms with E-state index in [9.17, 15) is 65.8 Å². The van der Waals surface area contributed by atoms with Gasteiger partial charge in [0.2, 0.25) is 0 Å². The molecule has 0 radical (unpaired) electrons. The van der Waals surface area contributed by atoms with E-state index in [1.54, 1.807) is 79.8 Å². The zero-order valence-corrected chi connectivity index (χ0v) is 35.8. The molecule has 3 heterocycles. The van der Waals surface area contributed by atoms with Crippen molar-refractivity contribution < 1.29 is 84.7 Å². The Morgan fingerprint density at radius 3 is 1.87 bits per heavy atom. The predicted octanol–water partition coefficient (Wildman–Crippen LogP) is 0.0772. The van der Waals surface area contributed by atoms with Gasteiger partial charge in [-0.1, -0.05) is 92.0 Å². The van der Waals surface area contributed by atoms with Crippen molar-refractivity contribution >= 4 is 11.9 Å². The van der Waals surface area contributed by atoms with Crippen LogP contribution in [0.3, 0.4) is 0 Å². The molecule has 0 spiro atoms. The Labute approximate surface area is 368 Å². The highest BCUT2D eigenvalue weighted by Gasteiger charge is 2.50. The standard InChI is InChI=1S/C45H69NO17/c1-27-15-13-11-9-7-5-3-4-6-8-10-12-14-16-32(62-44-42(56)41(46)37(54)26-60-44)23-38-40(43(57)58)36(53)25-45(59,63-38)24-31(49)21-35(52)33(50)18-17-29(47)20-30(48)22-39(55)61-28(2)19-34(27)51/h3-16,27-38,40-42,44,47-54,56,59H,17-26,46H2,1-2H3,(H,57,58)/b4-3+,7-5+,8-6+,11-9+,12-10+,15-13+,16-14+/t27-,28-,29?,30?,31?,32?,33?,34?,35?,36-,37?,38-,40?,41-,42-,44-,45?/m0/s1. The van der Waals surface area contributed by atoms with Gasteiger partial charge in [0, 0.05) is 38.0 Å². The molecule has 3 rings (SSSR count). The second kappa shape index (κ2) is 27.1. The Bertz CT molecular complexity index is 1600. The van der Waals surface area contributed by atoms with Crippen LogP contribution in [0.4, 0.5) is 0 Å². The van der Waals surface area contributed by atoms with E-state index in [2.05, 4.69) is 0 Å². The summed E-state index contributed by atoms with van der Waals surface area (Å²) < 4.78 is 22.7. The van der Waals surface area contributed by atoms with E-state index < -0.39 is 135 Å². The van der Waals surface area contributed by atoms with Crippen molar-refractivity contribution in [3.63, 3.8) is 0 Å². The number of cyclic esters (lactones) is 1. The minimum absolute atomic E-state index is 0.103. The average Bonchev–Trinajstić information content (AvgIpc) is 3.18. The summed E-state index contributed by atoms with van der Waals surface area (Å²) in [6, 6.07) is -1.12. The molecular formula is C45H69NO17. The van der Waals surface area contributed by atoms with Gasteiger partial charge < -0.3 is 80.9 Å². The molecule has 0 amide bonds. The molecule has 10 unspecified atom stereocenters. The summed E-state index contributed by atoms with van der Waals surface area (Å²) in [5, 5.41) is 117. The Kier molecular flexibility index (Phi) is 23.2. The Morgan fingerprint density at radius 2 is 1.27 bits per heavy atom. The highest BCUT2D eigenvalue weighted by atomic mass is 16.7. The van der Waals surface area contributed by atoms with Crippen LogP contribution in [0, 0.1) is 11.8 Å². The number of rotatable bonds is 3. The normalized spacial score (nSPS) is 44.2. The van der Waals surface area contributed by atoms with Gasteiger partial charge in [-0.05, 0) is 26.2 Å². The number of carbonyl (C=O) groups is 2. The summed E-state index contributed by atoms with van der Waals surface area (Å²) in [6.45, 7) is 3.18. The van der Waals surface area contributed by atoms with E-state index in [4.69, 9.17) is 24.7 Å². The van der Waals surface area contributed by atoms with Gasteiger partial charge in [0.05, 0.1) is 80.1 Å². The van der Waals surface area contributed by atoms with E-state index in [1.807, 2.05) is 13.0 Å². The van der Waals surface area contributed by atoms with E-state index in [0.29, 0.717) is 0 Å². The van der Waals surface area contributed by atoms with Gasteiger partial charge in [-0.25, -0.2) is 0 Å². The van der Waals surface area contributed by atoms with Crippen LogP contribution in [-0.4, -0.2) is 166 Å². The molecule has 17 atom stereocenters. The SMILES string of the molecule is C[C@H]1CC(O)[C@@H](C)/C=C/C=C/C=C/C=C/C=C/C=C/C=C/C(O[C@@H]2OCC(O)[C@H](N)[C@@H]2O)C[C@@H]2OC(O)(CC(O)CC(O)C(O)CCC(O)CC(O)CC(=O)O1)C[C@H](O)C2C(=O)O. The van der Waals surface area contributed by atoms with Gasteiger partial charge in [-0.2, -0.15) is 0 Å². The number of carboxylic acid groups (broad SMARTS) is 1. The molecule has 2 bridgehead atoms. The first-order valence-electron chi connectivity index (χ1n) is 21.4. The molecule has 0 saturated carbocycles. The molecule has 18 heteroatoms. The summed E-state index contributed by atoms with van der Waals surface area (Å²) >= 11 is 0. The van der Waals surface area contributed by atoms with Crippen molar-refractivity contribution in [1.82, 2.24) is 0 Å². The van der Waals surface area contributed by atoms with Crippen molar-refractivity contribution in [3.8, 4) is 0 Å². The lowest BCUT2D eigenvalue weighted by Gasteiger charge is -2.45. The molecule has 18 nitrogen and oxygen atoms in total. The maximum Gasteiger partial charge on any atom is 0.311 e. The monoisotopic (exact) mass is 895 g/mol. The molecule has 63 heavy (non-hydrogen) atoms. The van der Waals surface area contributed by atoms with Crippen LogP contribution in [0.5, 0.6) is 0 Å². The lowest BCUT2D eigenvalue weighted by Crippen LogP contribution is -2.59. The van der Waals surface area contributed by atoms with Crippen molar-refractivity contribution in [2.24, 2.45) is 17.6 Å². The van der Waals surface area contributed by atoms with Crippen molar-refractivity contribution in [2.45, 2.75) is 163 Å². The van der Waals surface area contributed by atoms with Crippen LogP contribution in [-0.2, 0) is 28.5 Å². The van der Waals surface area contributed by atoms with Gasteiger partial charge in [0.25, 0.3) is 0 Å². The first kappa shape index (κ1) is 53.9. The molecule has 3 aliphatic heterocycles. The number of hydrogen-bond donors (Lipinski definition) is 12. The van der Waals surface area contributed by atoms with Crippen molar-refractivity contribution in [1.29, 1.82) is 0 Å². The molecule has 0 aromatic heterocycles. The Morgan fingerprint density at radius 1 is 0.683 bits per heavy atom. The predicted molar refractivity (Wildman–Crippen MR) is 228 cm³/mol. The summed E-state index contributed by atoms with van der Waals surface area (Å²) in [5.74, 6) is -6.33. The number of aliphatic carboxylic acids is 1. The van der Waals surface area contributed by atoms with Gasteiger partial charge in [0.1, 0.15) is 18.1 Å². The third-order valence-electron chi connectivity index (χ3n) is 11.1. The fourth-order valence-corrected chi connectivity index (χ4v) is 7.49. The molecule has 0 aromatic carbocycles. The minimum Gasteiger partial charge on any atom is -0.481 e. The Hall–Kier alpha value is -3.44. The van der Waals surface area contributed by atoms with Crippen molar-refractivity contribution in [2.75, 3.05) is 6.61 Å². The van der Waals surface area contributed by atoms with Crippen molar-refractivity contribution in [3.05, 3.63) is 85.1 Å². The van der Waals surface area contributed by atoms with Crippen LogP contribution >= 0.6 is 0 Å². The summed E-state index contributed by atoms with van der Waals surface area (Å²) in [5.41, 5.74) is 5.92. The van der Waals surface area contributed by atoms with E-state index in [-0.39, 0.29) is 44.6 Å². The number of aliphatic hydroxyl groups is 10. The number of hydrogen-bond acceptors (Lipinski definition) is 17. The van der Waals surface area contributed by atoms with Gasteiger partial charge in [-0.3, -0.25) is 9.59 Å². The first-order chi connectivity index (χ1) is 29.8. The van der Waals surface area contributed by atoms with Crippen LogP contribution in [0.25, 0.3) is 0 Å². The molecule has 0 aliphatic carbocycles. The first-order valence-corrected chi connectivity index (χ1v) is 21.4. The zero-order chi connectivity index (χ0) is 46.7. The molecular weight excluding hydrogens is 826 g/mol. The highest BCUT2D eigenvalue weighted by molar-refractivity contribution is 5.71. The number of carbonyl (C=O) groups excluding carboxylic acids is 1. The third-order valence-corrected chi connectivity index (χ3v) is 11.1. The zero-order valence-electron chi connectivity index (χ0n) is 35.8. The second-order valence-electron chi connectivity index (χ2n) is 16.7. The highest BCUT2D eigenvalue weighted by Crippen LogP contribution is 2.38. The maximum absolute atomic E-state index is 12.5. The smallest absolute Gasteiger partial charge is 0.311 e. The lowest BCUT2D eigenvalue weighted by molar-refractivity contribution is -0.305. The fraction of sp³-hybridized carbons (Fsp3) is 0.644. The van der Waals surface area contributed by atoms with Crippen LogP contribution < -0.4 is 5.73 Å². The largest absolute Gasteiger partial charge is 0.481 e. The quantitative estimate of drug-likeness (QED) is 0.167. The summed E-state index contributed by atoms with van der Waals surface area (Å²) in [4.78, 5) is 24.9. The maximum atomic E-state index is 12.5. The van der Waals surface area contributed by atoms with E-state index in [1.165, 1.54) is 6.08 Å². The van der Waals surface area contributed by atoms with Crippen LogP contribution in [0.15, 0.2) is 85.1 Å². The van der Waals surface area contributed by atoms with Crippen LogP contribution in [0.1, 0.15) is 71.6 Å². The van der Waals surface area contributed by atoms with E-state index in [0.717, 1.165) is 0 Å².